The molecule has 0 saturated carbocycles. The van der Waals surface area contributed by atoms with Crippen LogP contribution in [0.15, 0.2) is 71.5 Å². The molecule has 5 heteroatoms. The summed E-state index contributed by atoms with van der Waals surface area (Å²) in [5, 5.41) is 14.0. The average molecular weight is 331 g/mol. The number of phenolic OH excluding ortho intramolecular Hbond substituents is 1. The van der Waals surface area contributed by atoms with Gasteiger partial charge in [0.2, 0.25) is 5.89 Å². The number of rotatable bonds is 4. The fourth-order valence-corrected chi connectivity index (χ4v) is 2.61. The Labute approximate surface area is 145 Å². The minimum absolute atomic E-state index is 0.218. The summed E-state index contributed by atoms with van der Waals surface area (Å²) in [6.07, 6.45) is 3.57. The number of aromatic nitrogens is 3. The van der Waals surface area contributed by atoms with Crippen molar-refractivity contribution in [3.63, 3.8) is 0 Å². The molecule has 0 aliphatic rings. The maximum atomic E-state index is 9.35. The van der Waals surface area contributed by atoms with Gasteiger partial charge in [-0.25, -0.2) is 4.98 Å². The van der Waals surface area contributed by atoms with E-state index in [0.717, 1.165) is 22.5 Å². The predicted molar refractivity (Wildman–Crippen MR) is 95.1 cm³/mol. The molecule has 2 aromatic carbocycles. The lowest BCUT2D eigenvalue weighted by atomic mass is 10.1. The first-order valence-electron chi connectivity index (χ1n) is 8.02. The third-order valence-corrected chi connectivity index (χ3v) is 3.98. The molecule has 2 heterocycles. The molecule has 0 atom stereocenters. The molecule has 0 aliphatic carbocycles. The van der Waals surface area contributed by atoms with Gasteiger partial charge in [0.25, 0.3) is 0 Å². The Hall–Kier alpha value is -3.34. The first kappa shape index (κ1) is 15.2. The maximum absolute atomic E-state index is 9.35. The molecule has 0 radical (unpaired) electrons. The van der Waals surface area contributed by atoms with Gasteiger partial charge >= 0.3 is 0 Å². The summed E-state index contributed by atoms with van der Waals surface area (Å²) in [5.41, 5.74) is 4.87. The molecule has 0 amide bonds. The zero-order chi connectivity index (χ0) is 17.2. The van der Waals surface area contributed by atoms with Gasteiger partial charge in [0.1, 0.15) is 17.7 Å². The fourth-order valence-electron chi connectivity index (χ4n) is 2.61. The van der Waals surface area contributed by atoms with Gasteiger partial charge in [-0.05, 0) is 37.3 Å². The van der Waals surface area contributed by atoms with Crippen molar-refractivity contribution in [3.05, 3.63) is 78.3 Å². The lowest BCUT2D eigenvalue weighted by molar-refractivity contribution is 0.475. The molecule has 25 heavy (non-hydrogen) atoms. The van der Waals surface area contributed by atoms with Crippen molar-refractivity contribution in [2.75, 3.05) is 0 Å². The molecular formula is C20H17N3O2. The van der Waals surface area contributed by atoms with Gasteiger partial charge in [-0.3, -0.25) is 4.68 Å². The third-order valence-electron chi connectivity index (χ3n) is 3.98. The highest BCUT2D eigenvalue weighted by molar-refractivity contribution is 5.58. The Balaban J connectivity index is 1.51. The van der Waals surface area contributed by atoms with Crippen molar-refractivity contribution >= 4 is 0 Å². The molecule has 0 unspecified atom stereocenters. The smallest absolute Gasteiger partial charge is 0.226 e. The number of benzene rings is 2. The molecule has 1 N–H and O–H groups in total. The zero-order valence-electron chi connectivity index (χ0n) is 13.8. The van der Waals surface area contributed by atoms with Crippen LogP contribution < -0.4 is 0 Å². The van der Waals surface area contributed by atoms with E-state index in [1.165, 1.54) is 5.56 Å². The Bertz CT molecular complexity index is 901. The highest BCUT2D eigenvalue weighted by Gasteiger charge is 2.09. The Kier molecular flexibility index (Phi) is 3.82. The molecule has 4 rings (SSSR count). The molecule has 0 bridgehead atoms. The van der Waals surface area contributed by atoms with E-state index < -0.39 is 0 Å². The highest BCUT2D eigenvalue weighted by atomic mass is 16.3. The standard InChI is InChI=1S/C20H17N3O2/c1-14-2-4-15(5-3-14)19-10-11-23(22-19)12-17-13-25-20(21-17)16-6-8-18(24)9-7-16/h2-11,13,24H,12H2,1H3. The third kappa shape index (κ3) is 3.30. The fraction of sp³-hybridized carbons (Fsp3) is 0.100. The van der Waals surface area contributed by atoms with E-state index in [2.05, 4.69) is 41.3 Å². The lowest BCUT2D eigenvalue weighted by Gasteiger charge is -1.99. The van der Waals surface area contributed by atoms with Gasteiger partial charge < -0.3 is 9.52 Å². The van der Waals surface area contributed by atoms with Crippen molar-refractivity contribution in [1.82, 2.24) is 14.8 Å². The molecule has 124 valence electrons. The summed E-state index contributed by atoms with van der Waals surface area (Å²) >= 11 is 0. The van der Waals surface area contributed by atoms with Crippen LogP contribution in [0.4, 0.5) is 0 Å². The van der Waals surface area contributed by atoms with Crippen LogP contribution in [0.25, 0.3) is 22.7 Å². The number of aryl methyl sites for hydroxylation is 1. The largest absolute Gasteiger partial charge is 0.508 e. The van der Waals surface area contributed by atoms with E-state index in [0.29, 0.717) is 12.4 Å². The number of oxazole rings is 1. The van der Waals surface area contributed by atoms with Gasteiger partial charge in [0, 0.05) is 17.3 Å². The van der Waals surface area contributed by atoms with Crippen LogP contribution in [0.1, 0.15) is 11.3 Å². The summed E-state index contributed by atoms with van der Waals surface area (Å²) in [6.45, 7) is 2.60. The van der Waals surface area contributed by atoms with E-state index in [-0.39, 0.29) is 5.75 Å². The first-order valence-corrected chi connectivity index (χ1v) is 8.02. The molecule has 0 aliphatic heterocycles. The van der Waals surface area contributed by atoms with Crippen molar-refractivity contribution < 1.29 is 9.52 Å². The zero-order valence-corrected chi connectivity index (χ0v) is 13.8. The van der Waals surface area contributed by atoms with E-state index in [4.69, 9.17) is 4.42 Å². The van der Waals surface area contributed by atoms with Crippen LogP contribution in [-0.4, -0.2) is 19.9 Å². The Morgan fingerprint density at radius 3 is 2.44 bits per heavy atom. The monoisotopic (exact) mass is 331 g/mol. The van der Waals surface area contributed by atoms with Gasteiger partial charge in [-0.2, -0.15) is 5.10 Å². The second-order valence-corrected chi connectivity index (χ2v) is 5.96. The van der Waals surface area contributed by atoms with Gasteiger partial charge in [0.15, 0.2) is 0 Å². The normalized spacial score (nSPS) is 10.9. The summed E-state index contributed by atoms with van der Waals surface area (Å²) in [7, 11) is 0. The second-order valence-electron chi connectivity index (χ2n) is 5.96. The average Bonchev–Trinajstić information content (AvgIpc) is 3.27. The quantitative estimate of drug-likeness (QED) is 0.606. The predicted octanol–water partition coefficient (Wildman–Crippen LogP) is 4.27. The summed E-state index contributed by atoms with van der Waals surface area (Å²) in [4.78, 5) is 4.49. The van der Waals surface area contributed by atoms with E-state index in [1.54, 1.807) is 30.5 Å². The van der Waals surface area contributed by atoms with Gasteiger partial charge in [-0.1, -0.05) is 29.8 Å². The van der Waals surface area contributed by atoms with E-state index in [1.807, 2.05) is 16.9 Å². The van der Waals surface area contributed by atoms with Crippen LogP contribution in [0, 0.1) is 6.92 Å². The Morgan fingerprint density at radius 1 is 0.960 bits per heavy atom. The summed E-state index contributed by atoms with van der Waals surface area (Å²) in [5.74, 6) is 0.747. The first-order chi connectivity index (χ1) is 12.2. The minimum atomic E-state index is 0.218. The van der Waals surface area contributed by atoms with Gasteiger partial charge in [-0.15, -0.1) is 0 Å². The van der Waals surface area contributed by atoms with E-state index >= 15 is 0 Å². The number of phenols is 1. The molecule has 4 aromatic rings. The second kappa shape index (κ2) is 6.28. The number of nitrogens with zero attached hydrogens (tertiary/aromatic N) is 3. The number of aromatic hydroxyl groups is 1. The molecule has 2 aromatic heterocycles. The van der Waals surface area contributed by atoms with Crippen LogP contribution in [0.2, 0.25) is 0 Å². The summed E-state index contributed by atoms with van der Waals surface area (Å²) in [6, 6.07) is 17.1. The van der Waals surface area contributed by atoms with Crippen LogP contribution >= 0.6 is 0 Å². The summed E-state index contributed by atoms with van der Waals surface area (Å²) < 4.78 is 7.37. The SMILES string of the molecule is Cc1ccc(-c2ccn(Cc3coc(-c4ccc(O)cc4)n3)n2)cc1. The minimum Gasteiger partial charge on any atom is -0.508 e. The number of hydrogen-bond donors (Lipinski definition) is 1. The molecule has 0 spiro atoms. The van der Waals surface area contributed by atoms with Crippen molar-refractivity contribution in [2.24, 2.45) is 0 Å². The molecular weight excluding hydrogens is 314 g/mol. The lowest BCUT2D eigenvalue weighted by Crippen LogP contribution is -2.00. The maximum Gasteiger partial charge on any atom is 0.226 e. The van der Waals surface area contributed by atoms with Crippen LogP contribution in [0.5, 0.6) is 5.75 Å². The van der Waals surface area contributed by atoms with E-state index in [9.17, 15) is 5.11 Å². The van der Waals surface area contributed by atoms with Crippen LogP contribution in [0.3, 0.4) is 0 Å². The van der Waals surface area contributed by atoms with Crippen LogP contribution in [-0.2, 0) is 6.54 Å². The van der Waals surface area contributed by atoms with Crippen molar-refractivity contribution in [3.8, 4) is 28.5 Å². The van der Waals surface area contributed by atoms with Crippen molar-refractivity contribution in [1.29, 1.82) is 0 Å². The Morgan fingerprint density at radius 2 is 1.68 bits per heavy atom. The molecule has 5 nitrogen and oxygen atoms in total. The highest BCUT2D eigenvalue weighted by Crippen LogP contribution is 2.22. The van der Waals surface area contributed by atoms with Gasteiger partial charge in [0.05, 0.1) is 12.2 Å². The molecule has 0 saturated heterocycles. The topological polar surface area (TPSA) is 64.1 Å². The van der Waals surface area contributed by atoms with Crippen molar-refractivity contribution in [2.45, 2.75) is 13.5 Å². The number of hydrogen-bond acceptors (Lipinski definition) is 4. The molecule has 0 fully saturated rings.